The summed E-state index contributed by atoms with van der Waals surface area (Å²) in [6.45, 7) is 7.59. The molecule has 0 aliphatic carbocycles. The number of carboxylic acid groups (broad SMARTS) is 1. The van der Waals surface area contributed by atoms with Gasteiger partial charge in [0.1, 0.15) is 0 Å². The van der Waals surface area contributed by atoms with Gasteiger partial charge in [0, 0.05) is 11.6 Å². The van der Waals surface area contributed by atoms with Gasteiger partial charge < -0.3 is 5.11 Å². The Labute approximate surface area is 125 Å². The number of nitrogens with zero attached hydrogens (tertiary/aromatic N) is 1. The average molecular weight is 296 g/mol. The van der Waals surface area contributed by atoms with Crippen LogP contribution in [-0.2, 0) is 6.54 Å². The molecule has 3 nitrogen and oxygen atoms in total. The third kappa shape index (κ3) is 3.74. The quantitative estimate of drug-likeness (QED) is 0.915. The van der Waals surface area contributed by atoms with Crippen molar-refractivity contribution in [1.82, 2.24) is 4.90 Å². The normalized spacial score (nSPS) is 17.6. The SMILES string of the molecule is CC(C)C1CCN(Cc2ccc(C(=O)O)cc2Cl)CC1. The van der Waals surface area contributed by atoms with Gasteiger partial charge in [-0.25, -0.2) is 4.79 Å². The van der Waals surface area contributed by atoms with E-state index < -0.39 is 5.97 Å². The number of benzene rings is 1. The second-order valence-electron chi connectivity index (χ2n) is 5.97. The molecular weight excluding hydrogens is 274 g/mol. The van der Waals surface area contributed by atoms with Gasteiger partial charge in [0.25, 0.3) is 0 Å². The number of carbonyl (C=O) groups is 1. The van der Waals surface area contributed by atoms with E-state index in [0.717, 1.165) is 37.0 Å². The molecule has 110 valence electrons. The van der Waals surface area contributed by atoms with E-state index in [2.05, 4.69) is 18.7 Å². The van der Waals surface area contributed by atoms with Crippen molar-refractivity contribution in [2.75, 3.05) is 13.1 Å². The summed E-state index contributed by atoms with van der Waals surface area (Å²) in [5, 5.41) is 9.49. The predicted molar refractivity (Wildman–Crippen MR) is 81.3 cm³/mol. The Morgan fingerprint density at radius 3 is 2.55 bits per heavy atom. The van der Waals surface area contributed by atoms with Crippen molar-refractivity contribution in [3.8, 4) is 0 Å². The Morgan fingerprint density at radius 1 is 1.40 bits per heavy atom. The van der Waals surface area contributed by atoms with Crippen LogP contribution in [-0.4, -0.2) is 29.1 Å². The van der Waals surface area contributed by atoms with Gasteiger partial charge in [0.05, 0.1) is 5.56 Å². The van der Waals surface area contributed by atoms with Crippen molar-refractivity contribution in [2.45, 2.75) is 33.2 Å². The van der Waals surface area contributed by atoms with E-state index in [0.29, 0.717) is 5.02 Å². The molecule has 1 saturated heterocycles. The third-order valence-electron chi connectivity index (χ3n) is 4.27. The lowest BCUT2D eigenvalue weighted by Gasteiger charge is -2.34. The Bertz CT molecular complexity index is 479. The molecule has 0 unspecified atom stereocenters. The van der Waals surface area contributed by atoms with E-state index in [-0.39, 0.29) is 5.56 Å². The molecule has 1 heterocycles. The lowest BCUT2D eigenvalue weighted by Crippen LogP contribution is -2.34. The summed E-state index contributed by atoms with van der Waals surface area (Å²) < 4.78 is 0. The minimum atomic E-state index is -0.934. The fourth-order valence-electron chi connectivity index (χ4n) is 2.83. The molecule has 0 aromatic heterocycles. The van der Waals surface area contributed by atoms with Gasteiger partial charge >= 0.3 is 5.97 Å². The van der Waals surface area contributed by atoms with Crippen LogP contribution in [0.2, 0.25) is 5.02 Å². The zero-order chi connectivity index (χ0) is 14.7. The van der Waals surface area contributed by atoms with Crippen LogP contribution in [0, 0.1) is 11.8 Å². The molecule has 0 saturated carbocycles. The van der Waals surface area contributed by atoms with Crippen molar-refractivity contribution in [3.05, 3.63) is 34.3 Å². The first-order valence-corrected chi connectivity index (χ1v) is 7.59. The van der Waals surface area contributed by atoms with Crippen molar-refractivity contribution in [3.63, 3.8) is 0 Å². The van der Waals surface area contributed by atoms with Gasteiger partial charge in [-0.05, 0) is 55.5 Å². The van der Waals surface area contributed by atoms with E-state index in [1.807, 2.05) is 6.07 Å². The second-order valence-corrected chi connectivity index (χ2v) is 6.38. The Hall–Kier alpha value is -1.06. The highest BCUT2D eigenvalue weighted by Crippen LogP contribution is 2.27. The van der Waals surface area contributed by atoms with Gasteiger partial charge in [-0.3, -0.25) is 4.90 Å². The van der Waals surface area contributed by atoms with E-state index in [4.69, 9.17) is 16.7 Å². The zero-order valence-electron chi connectivity index (χ0n) is 12.1. The van der Waals surface area contributed by atoms with E-state index in [1.165, 1.54) is 12.8 Å². The number of carboxylic acids is 1. The smallest absolute Gasteiger partial charge is 0.335 e. The number of hydrogen-bond donors (Lipinski definition) is 1. The van der Waals surface area contributed by atoms with Crippen molar-refractivity contribution >= 4 is 17.6 Å². The lowest BCUT2D eigenvalue weighted by atomic mass is 9.86. The Kier molecular flexibility index (Phi) is 5.06. The standard InChI is InChI=1S/C16H22ClNO2/c1-11(2)12-5-7-18(8-6-12)10-14-4-3-13(16(19)20)9-15(14)17/h3-4,9,11-12H,5-8,10H2,1-2H3,(H,19,20). The summed E-state index contributed by atoms with van der Waals surface area (Å²) in [7, 11) is 0. The van der Waals surface area contributed by atoms with E-state index in [9.17, 15) is 4.79 Å². The van der Waals surface area contributed by atoms with Crippen molar-refractivity contribution in [2.24, 2.45) is 11.8 Å². The first-order valence-electron chi connectivity index (χ1n) is 7.21. The Morgan fingerprint density at radius 2 is 2.05 bits per heavy atom. The molecule has 1 aromatic carbocycles. The molecule has 1 aromatic rings. The minimum Gasteiger partial charge on any atom is -0.478 e. The maximum Gasteiger partial charge on any atom is 0.335 e. The van der Waals surface area contributed by atoms with Crippen LogP contribution in [0.5, 0.6) is 0 Å². The number of hydrogen-bond acceptors (Lipinski definition) is 2. The van der Waals surface area contributed by atoms with Crippen LogP contribution in [0.1, 0.15) is 42.6 Å². The molecule has 0 spiro atoms. The second kappa shape index (κ2) is 6.59. The Balaban J connectivity index is 1.96. The first kappa shape index (κ1) is 15.3. The van der Waals surface area contributed by atoms with Crippen molar-refractivity contribution in [1.29, 1.82) is 0 Å². The highest BCUT2D eigenvalue weighted by molar-refractivity contribution is 6.31. The molecule has 0 radical (unpaired) electrons. The molecule has 1 aliphatic heterocycles. The molecule has 2 rings (SSSR count). The summed E-state index contributed by atoms with van der Waals surface area (Å²) in [6.07, 6.45) is 2.48. The topological polar surface area (TPSA) is 40.5 Å². The fraction of sp³-hybridized carbons (Fsp3) is 0.562. The van der Waals surface area contributed by atoms with Gasteiger partial charge in [0.2, 0.25) is 0 Å². The van der Waals surface area contributed by atoms with E-state index >= 15 is 0 Å². The highest BCUT2D eigenvalue weighted by Gasteiger charge is 2.22. The van der Waals surface area contributed by atoms with Crippen LogP contribution >= 0.6 is 11.6 Å². The molecule has 1 N–H and O–H groups in total. The molecule has 0 bridgehead atoms. The fourth-order valence-corrected chi connectivity index (χ4v) is 3.07. The first-order chi connectivity index (χ1) is 9.47. The predicted octanol–water partition coefficient (Wildman–Crippen LogP) is 3.91. The molecule has 1 aliphatic rings. The lowest BCUT2D eigenvalue weighted by molar-refractivity contribution is 0.0697. The number of halogens is 1. The third-order valence-corrected chi connectivity index (χ3v) is 4.62. The molecule has 1 fully saturated rings. The zero-order valence-corrected chi connectivity index (χ0v) is 12.9. The van der Waals surface area contributed by atoms with E-state index in [1.54, 1.807) is 12.1 Å². The maximum atomic E-state index is 10.9. The average Bonchev–Trinajstić information content (AvgIpc) is 2.41. The summed E-state index contributed by atoms with van der Waals surface area (Å²) in [4.78, 5) is 13.3. The molecule has 0 atom stereocenters. The molecule has 0 amide bonds. The van der Waals surface area contributed by atoms with Gasteiger partial charge in [-0.2, -0.15) is 0 Å². The maximum absolute atomic E-state index is 10.9. The summed E-state index contributed by atoms with van der Waals surface area (Å²) in [5.74, 6) is 0.655. The number of likely N-dealkylation sites (tertiary alicyclic amines) is 1. The van der Waals surface area contributed by atoms with Crippen LogP contribution in [0.3, 0.4) is 0 Å². The van der Waals surface area contributed by atoms with Crippen molar-refractivity contribution < 1.29 is 9.90 Å². The summed E-state index contributed by atoms with van der Waals surface area (Å²) in [5.41, 5.74) is 1.26. The molecule has 20 heavy (non-hydrogen) atoms. The number of piperidine rings is 1. The number of aromatic carboxylic acids is 1. The van der Waals surface area contributed by atoms with Gasteiger partial charge in [-0.15, -0.1) is 0 Å². The van der Waals surface area contributed by atoms with Crippen LogP contribution in [0.25, 0.3) is 0 Å². The monoisotopic (exact) mass is 295 g/mol. The highest BCUT2D eigenvalue weighted by atomic mass is 35.5. The summed E-state index contributed by atoms with van der Waals surface area (Å²) in [6, 6.07) is 5.00. The minimum absolute atomic E-state index is 0.247. The summed E-state index contributed by atoms with van der Waals surface area (Å²) >= 11 is 6.18. The largest absolute Gasteiger partial charge is 0.478 e. The van der Waals surface area contributed by atoms with Gasteiger partial charge in [0.15, 0.2) is 0 Å². The molecular formula is C16H22ClNO2. The number of rotatable bonds is 4. The van der Waals surface area contributed by atoms with Crippen LogP contribution < -0.4 is 0 Å². The molecule has 4 heteroatoms. The van der Waals surface area contributed by atoms with Crippen LogP contribution in [0.4, 0.5) is 0 Å². The van der Waals surface area contributed by atoms with Crippen LogP contribution in [0.15, 0.2) is 18.2 Å². The van der Waals surface area contributed by atoms with Gasteiger partial charge in [-0.1, -0.05) is 31.5 Å².